The van der Waals surface area contributed by atoms with Crippen molar-refractivity contribution < 1.29 is 9.59 Å². The van der Waals surface area contributed by atoms with Gasteiger partial charge in [-0.3, -0.25) is 9.59 Å². The summed E-state index contributed by atoms with van der Waals surface area (Å²) in [4.78, 5) is 25.7. The van der Waals surface area contributed by atoms with Gasteiger partial charge in [0.05, 0.1) is 5.92 Å². The Hall–Kier alpha value is -1.10. The molecule has 0 bridgehead atoms. The molecule has 2 N–H and O–H groups in total. The zero-order chi connectivity index (χ0) is 12.5. The van der Waals surface area contributed by atoms with Gasteiger partial charge in [0.15, 0.2) is 0 Å². The molecule has 5 nitrogen and oxygen atoms in total. The fraction of sp³-hybridized carbons (Fsp3) is 0.846. The van der Waals surface area contributed by atoms with Crippen LogP contribution in [0.4, 0.5) is 0 Å². The Kier molecular flexibility index (Phi) is 3.24. The maximum absolute atomic E-state index is 12.5. The second-order valence-corrected chi connectivity index (χ2v) is 5.72. The van der Waals surface area contributed by atoms with Crippen molar-refractivity contribution in [1.82, 2.24) is 15.5 Å². The van der Waals surface area contributed by atoms with Gasteiger partial charge in [-0.05, 0) is 32.2 Å². The van der Waals surface area contributed by atoms with Gasteiger partial charge in [-0.25, -0.2) is 0 Å². The first-order chi connectivity index (χ1) is 8.74. The number of nitrogens with zero attached hydrogens (tertiary/aromatic N) is 1. The molecule has 0 aromatic heterocycles. The summed E-state index contributed by atoms with van der Waals surface area (Å²) in [6, 6.07) is 0.898. The normalized spacial score (nSPS) is 31.4. The van der Waals surface area contributed by atoms with E-state index in [-0.39, 0.29) is 17.7 Å². The minimum absolute atomic E-state index is 0.0167. The van der Waals surface area contributed by atoms with E-state index < -0.39 is 0 Å². The highest BCUT2D eigenvalue weighted by Gasteiger charge is 2.39. The molecule has 2 amide bonds. The zero-order valence-electron chi connectivity index (χ0n) is 10.7. The number of nitrogens with one attached hydrogen (secondary N) is 2. The molecule has 100 valence electrons. The monoisotopic (exact) mass is 251 g/mol. The molecule has 3 aliphatic rings. The lowest BCUT2D eigenvalue weighted by atomic mass is 10.1. The van der Waals surface area contributed by atoms with Crippen LogP contribution in [0.25, 0.3) is 0 Å². The summed E-state index contributed by atoms with van der Waals surface area (Å²) in [6.45, 7) is 2.42. The Balaban J connectivity index is 1.61. The summed E-state index contributed by atoms with van der Waals surface area (Å²) in [5.41, 5.74) is 0. The first-order valence-corrected chi connectivity index (χ1v) is 7.04. The molecule has 1 aliphatic carbocycles. The van der Waals surface area contributed by atoms with E-state index in [0.29, 0.717) is 25.0 Å². The van der Waals surface area contributed by atoms with Gasteiger partial charge in [-0.2, -0.15) is 0 Å². The van der Waals surface area contributed by atoms with Gasteiger partial charge in [0, 0.05) is 31.6 Å². The van der Waals surface area contributed by atoms with E-state index in [1.165, 1.54) is 12.8 Å². The van der Waals surface area contributed by atoms with Gasteiger partial charge in [0.1, 0.15) is 0 Å². The van der Waals surface area contributed by atoms with Crippen molar-refractivity contribution in [3.63, 3.8) is 0 Å². The summed E-state index contributed by atoms with van der Waals surface area (Å²) in [5.74, 6) is 0.0761. The molecule has 0 radical (unpaired) electrons. The van der Waals surface area contributed by atoms with Crippen LogP contribution >= 0.6 is 0 Å². The fourth-order valence-electron chi connectivity index (χ4n) is 2.97. The second-order valence-electron chi connectivity index (χ2n) is 5.72. The summed E-state index contributed by atoms with van der Waals surface area (Å²) in [6.07, 6.45) is 5.01. The molecule has 2 heterocycles. The third-order valence-corrected chi connectivity index (χ3v) is 4.18. The molecule has 3 fully saturated rings. The van der Waals surface area contributed by atoms with Crippen LogP contribution in [-0.4, -0.2) is 48.4 Å². The number of hydrogen-bond donors (Lipinski definition) is 2. The van der Waals surface area contributed by atoms with Gasteiger partial charge < -0.3 is 15.5 Å². The predicted molar refractivity (Wildman–Crippen MR) is 66.9 cm³/mol. The van der Waals surface area contributed by atoms with E-state index in [1.54, 1.807) is 0 Å². The average molecular weight is 251 g/mol. The van der Waals surface area contributed by atoms with E-state index in [2.05, 4.69) is 10.6 Å². The highest BCUT2D eigenvalue weighted by molar-refractivity contribution is 5.89. The molecule has 18 heavy (non-hydrogen) atoms. The van der Waals surface area contributed by atoms with E-state index >= 15 is 0 Å². The number of amides is 2. The minimum atomic E-state index is -0.125. The van der Waals surface area contributed by atoms with Crippen LogP contribution in [0.5, 0.6) is 0 Å². The molecule has 2 atom stereocenters. The quantitative estimate of drug-likeness (QED) is 0.731. The van der Waals surface area contributed by atoms with Gasteiger partial charge in [-0.1, -0.05) is 0 Å². The van der Waals surface area contributed by atoms with Crippen LogP contribution < -0.4 is 10.6 Å². The smallest absolute Gasteiger partial charge is 0.228 e. The van der Waals surface area contributed by atoms with Gasteiger partial charge in [0.25, 0.3) is 0 Å². The molecule has 2 saturated heterocycles. The highest BCUT2D eigenvalue weighted by Crippen LogP contribution is 2.30. The summed E-state index contributed by atoms with van der Waals surface area (Å²) in [5, 5.41) is 6.20. The molecule has 0 spiro atoms. The molecule has 2 aliphatic heterocycles. The third kappa shape index (κ3) is 2.51. The standard InChI is InChI=1S/C13H21N3O2/c17-12-6-9(7-15-12)13(18)16(11-3-4-11)8-10-2-1-5-14-10/h9-11,14H,1-8H2,(H,15,17). The zero-order valence-corrected chi connectivity index (χ0v) is 10.7. The van der Waals surface area contributed by atoms with Crippen LogP contribution in [0.15, 0.2) is 0 Å². The lowest BCUT2D eigenvalue weighted by Crippen LogP contribution is -2.45. The Labute approximate surface area is 107 Å². The number of carbonyl (C=O) groups excluding carboxylic acids is 2. The molecular weight excluding hydrogens is 230 g/mol. The largest absolute Gasteiger partial charge is 0.355 e. The summed E-state index contributed by atoms with van der Waals surface area (Å²) in [7, 11) is 0. The number of carbonyl (C=O) groups is 2. The Bertz CT molecular complexity index is 348. The maximum Gasteiger partial charge on any atom is 0.228 e. The second kappa shape index (κ2) is 4.88. The highest BCUT2D eigenvalue weighted by atomic mass is 16.2. The SMILES string of the molecule is O=C1CC(C(=O)N(CC2CCCN2)C2CC2)CN1. The number of hydrogen-bond acceptors (Lipinski definition) is 3. The lowest BCUT2D eigenvalue weighted by Gasteiger charge is -2.28. The molecule has 0 aromatic rings. The van der Waals surface area contributed by atoms with Crippen LogP contribution in [0.2, 0.25) is 0 Å². The minimum Gasteiger partial charge on any atom is -0.355 e. The average Bonchev–Trinajstić information content (AvgIpc) is 2.88. The molecule has 0 aromatic carbocycles. The van der Waals surface area contributed by atoms with Crippen molar-refractivity contribution in [1.29, 1.82) is 0 Å². The fourth-order valence-corrected chi connectivity index (χ4v) is 2.97. The Morgan fingerprint density at radius 1 is 1.33 bits per heavy atom. The summed E-state index contributed by atoms with van der Waals surface area (Å²) >= 11 is 0. The van der Waals surface area contributed by atoms with Crippen molar-refractivity contribution in [2.24, 2.45) is 5.92 Å². The topological polar surface area (TPSA) is 61.4 Å². The first-order valence-electron chi connectivity index (χ1n) is 7.04. The third-order valence-electron chi connectivity index (χ3n) is 4.18. The number of rotatable bonds is 4. The van der Waals surface area contributed by atoms with Gasteiger partial charge in [0.2, 0.25) is 11.8 Å². The van der Waals surface area contributed by atoms with Crippen LogP contribution in [0.3, 0.4) is 0 Å². The molecule has 5 heteroatoms. The maximum atomic E-state index is 12.5. The van der Waals surface area contributed by atoms with Crippen LogP contribution in [-0.2, 0) is 9.59 Å². The lowest BCUT2D eigenvalue weighted by molar-refractivity contribution is -0.136. The van der Waals surface area contributed by atoms with Crippen LogP contribution in [0, 0.1) is 5.92 Å². The predicted octanol–water partition coefficient (Wildman–Crippen LogP) is -0.134. The molecule has 1 saturated carbocycles. The van der Waals surface area contributed by atoms with Crippen molar-refractivity contribution in [3.05, 3.63) is 0 Å². The molecule has 3 rings (SSSR count). The van der Waals surface area contributed by atoms with Gasteiger partial charge >= 0.3 is 0 Å². The van der Waals surface area contributed by atoms with E-state index in [9.17, 15) is 9.59 Å². The van der Waals surface area contributed by atoms with Gasteiger partial charge in [-0.15, -0.1) is 0 Å². The van der Waals surface area contributed by atoms with Crippen LogP contribution in [0.1, 0.15) is 32.1 Å². The Morgan fingerprint density at radius 3 is 2.72 bits per heavy atom. The summed E-state index contributed by atoms with van der Waals surface area (Å²) < 4.78 is 0. The van der Waals surface area contributed by atoms with Crippen molar-refractivity contribution in [2.45, 2.75) is 44.2 Å². The molecule has 2 unspecified atom stereocenters. The van der Waals surface area contributed by atoms with E-state index in [1.807, 2.05) is 4.90 Å². The van der Waals surface area contributed by atoms with E-state index in [4.69, 9.17) is 0 Å². The first kappa shape index (κ1) is 12.0. The van der Waals surface area contributed by atoms with Crippen molar-refractivity contribution >= 4 is 11.8 Å². The van der Waals surface area contributed by atoms with E-state index in [0.717, 1.165) is 25.9 Å². The molecular formula is C13H21N3O2. The van der Waals surface area contributed by atoms with Crippen molar-refractivity contribution in [2.75, 3.05) is 19.6 Å². The Morgan fingerprint density at radius 2 is 2.17 bits per heavy atom. The van der Waals surface area contributed by atoms with Crippen molar-refractivity contribution in [3.8, 4) is 0 Å².